The number of hydrogen-bond donors (Lipinski definition) is 2. The summed E-state index contributed by atoms with van der Waals surface area (Å²) in [5, 5.41) is 19.9. The highest BCUT2D eigenvalue weighted by Gasteiger charge is 2.31. The molecular formula is C14H16F3N3O2. The lowest BCUT2D eigenvalue weighted by molar-refractivity contribution is -0.148. The molecule has 5 nitrogen and oxygen atoms in total. The number of nitriles is 1. The Bertz CT molecular complexity index is 541. The van der Waals surface area contributed by atoms with E-state index in [2.05, 4.69) is 5.32 Å². The fourth-order valence-electron chi connectivity index (χ4n) is 1.83. The molecule has 1 aromatic rings. The topological polar surface area (TPSA) is 76.4 Å². The van der Waals surface area contributed by atoms with Crippen molar-refractivity contribution in [2.24, 2.45) is 0 Å². The summed E-state index contributed by atoms with van der Waals surface area (Å²) in [6, 6.07) is 7.99. The van der Waals surface area contributed by atoms with Crippen LogP contribution in [0.2, 0.25) is 0 Å². The Kier molecular flexibility index (Phi) is 6.82. The van der Waals surface area contributed by atoms with Gasteiger partial charge >= 0.3 is 6.18 Å². The molecule has 120 valence electrons. The van der Waals surface area contributed by atoms with Crippen LogP contribution in [-0.2, 0) is 4.79 Å². The molecule has 0 heterocycles. The Labute approximate surface area is 126 Å². The summed E-state index contributed by atoms with van der Waals surface area (Å²) in [5.41, 5.74) is 0.684. The molecule has 0 spiro atoms. The maximum Gasteiger partial charge on any atom is 0.401 e. The minimum atomic E-state index is -4.42. The summed E-state index contributed by atoms with van der Waals surface area (Å²) < 4.78 is 37.3. The van der Waals surface area contributed by atoms with E-state index in [0.29, 0.717) is 11.3 Å². The van der Waals surface area contributed by atoms with Crippen LogP contribution in [0.25, 0.3) is 0 Å². The first kappa shape index (κ1) is 17.9. The van der Waals surface area contributed by atoms with E-state index < -0.39 is 25.2 Å². The van der Waals surface area contributed by atoms with Crippen molar-refractivity contribution in [3.8, 4) is 6.07 Å². The molecule has 0 saturated heterocycles. The largest absolute Gasteiger partial charge is 0.401 e. The Morgan fingerprint density at radius 1 is 1.41 bits per heavy atom. The van der Waals surface area contributed by atoms with Crippen molar-refractivity contribution in [2.45, 2.75) is 12.6 Å². The molecule has 1 aromatic carbocycles. The van der Waals surface area contributed by atoms with Gasteiger partial charge in [0.25, 0.3) is 0 Å². The number of benzene rings is 1. The van der Waals surface area contributed by atoms with Crippen LogP contribution in [0, 0.1) is 11.3 Å². The molecule has 0 aliphatic heterocycles. The van der Waals surface area contributed by atoms with Crippen LogP contribution in [0.4, 0.5) is 18.9 Å². The SMILES string of the molecule is N#Cc1cccc(NC(=O)CN(CCCO)CC(F)(F)F)c1. The van der Waals surface area contributed by atoms with Crippen molar-refractivity contribution in [1.82, 2.24) is 4.90 Å². The average molecular weight is 315 g/mol. The van der Waals surface area contributed by atoms with Gasteiger partial charge in [0.1, 0.15) is 0 Å². The van der Waals surface area contributed by atoms with Crippen LogP contribution in [0.5, 0.6) is 0 Å². The van der Waals surface area contributed by atoms with Crippen LogP contribution in [-0.4, -0.2) is 48.3 Å². The van der Waals surface area contributed by atoms with Gasteiger partial charge in [0.2, 0.25) is 5.91 Å². The van der Waals surface area contributed by atoms with E-state index in [-0.39, 0.29) is 19.6 Å². The Balaban J connectivity index is 2.63. The molecule has 0 aliphatic rings. The number of carbonyl (C=O) groups is 1. The van der Waals surface area contributed by atoms with Crippen molar-refractivity contribution in [3.05, 3.63) is 29.8 Å². The normalized spacial score (nSPS) is 11.3. The highest BCUT2D eigenvalue weighted by atomic mass is 19.4. The first-order chi connectivity index (χ1) is 10.3. The minimum absolute atomic E-state index is 0.0400. The van der Waals surface area contributed by atoms with Crippen LogP contribution in [0.3, 0.4) is 0 Å². The van der Waals surface area contributed by atoms with Crippen molar-refractivity contribution in [3.63, 3.8) is 0 Å². The maximum atomic E-state index is 12.4. The number of hydrogen-bond acceptors (Lipinski definition) is 4. The van der Waals surface area contributed by atoms with Crippen molar-refractivity contribution < 1.29 is 23.1 Å². The van der Waals surface area contributed by atoms with Gasteiger partial charge in [-0.15, -0.1) is 0 Å². The first-order valence-corrected chi connectivity index (χ1v) is 6.54. The lowest BCUT2D eigenvalue weighted by atomic mass is 10.2. The van der Waals surface area contributed by atoms with Gasteiger partial charge in [0.15, 0.2) is 0 Å². The van der Waals surface area contributed by atoms with Crippen molar-refractivity contribution >= 4 is 11.6 Å². The van der Waals surface area contributed by atoms with Crippen molar-refractivity contribution in [1.29, 1.82) is 5.26 Å². The van der Waals surface area contributed by atoms with Gasteiger partial charge in [-0.1, -0.05) is 6.07 Å². The molecule has 0 aliphatic carbocycles. The minimum Gasteiger partial charge on any atom is -0.396 e. The fourth-order valence-corrected chi connectivity index (χ4v) is 1.83. The lowest BCUT2D eigenvalue weighted by Crippen LogP contribution is -2.40. The van der Waals surface area contributed by atoms with E-state index >= 15 is 0 Å². The number of amides is 1. The van der Waals surface area contributed by atoms with Crippen LogP contribution in [0.1, 0.15) is 12.0 Å². The lowest BCUT2D eigenvalue weighted by Gasteiger charge is -2.22. The molecule has 0 bridgehead atoms. The molecule has 0 radical (unpaired) electrons. The van der Waals surface area contributed by atoms with Crippen molar-refractivity contribution in [2.75, 3.05) is 31.6 Å². The maximum absolute atomic E-state index is 12.4. The standard InChI is InChI=1S/C14H16F3N3O2/c15-14(16,17)10-20(5-2-6-21)9-13(22)19-12-4-1-3-11(7-12)8-18/h1,3-4,7,21H,2,5-6,9-10H2,(H,19,22). The number of nitrogens with one attached hydrogen (secondary N) is 1. The fraction of sp³-hybridized carbons (Fsp3) is 0.429. The predicted molar refractivity (Wildman–Crippen MR) is 74.0 cm³/mol. The van der Waals surface area contributed by atoms with E-state index in [4.69, 9.17) is 10.4 Å². The quantitative estimate of drug-likeness (QED) is 0.803. The van der Waals surface area contributed by atoms with E-state index in [1.54, 1.807) is 18.2 Å². The number of rotatable bonds is 7. The first-order valence-electron chi connectivity index (χ1n) is 6.54. The molecule has 1 rings (SSSR count). The monoisotopic (exact) mass is 315 g/mol. The molecule has 2 N–H and O–H groups in total. The van der Waals surface area contributed by atoms with Gasteiger partial charge in [-0.05, 0) is 24.6 Å². The summed E-state index contributed by atoms with van der Waals surface area (Å²) in [6.45, 7) is -1.96. The van der Waals surface area contributed by atoms with E-state index in [9.17, 15) is 18.0 Å². The number of anilines is 1. The molecule has 0 unspecified atom stereocenters. The zero-order valence-corrected chi connectivity index (χ0v) is 11.7. The van der Waals surface area contributed by atoms with E-state index in [0.717, 1.165) is 4.90 Å². The molecule has 0 fully saturated rings. The Hall–Kier alpha value is -2.11. The summed E-state index contributed by atoms with van der Waals surface area (Å²) in [6.07, 6.45) is -4.27. The molecular weight excluding hydrogens is 299 g/mol. The van der Waals surface area contributed by atoms with Gasteiger partial charge in [0.05, 0.1) is 24.7 Å². The second kappa shape index (κ2) is 8.36. The van der Waals surface area contributed by atoms with Gasteiger partial charge in [0, 0.05) is 18.8 Å². The number of halogens is 3. The van der Waals surface area contributed by atoms with Gasteiger partial charge in [-0.25, -0.2) is 0 Å². The zero-order chi connectivity index (χ0) is 16.6. The van der Waals surface area contributed by atoms with Gasteiger partial charge in [-0.2, -0.15) is 18.4 Å². The predicted octanol–water partition coefficient (Wildman–Crippen LogP) is 1.74. The third-order valence-corrected chi connectivity index (χ3v) is 2.68. The molecule has 0 atom stereocenters. The van der Waals surface area contributed by atoms with Crippen LogP contribution in [0.15, 0.2) is 24.3 Å². The number of aliphatic hydroxyl groups excluding tert-OH is 1. The summed E-state index contributed by atoms with van der Waals surface area (Å²) >= 11 is 0. The molecule has 8 heteroatoms. The Morgan fingerprint density at radius 3 is 2.73 bits per heavy atom. The summed E-state index contributed by atoms with van der Waals surface area (Å²) in [5.74, 6) is -0.614. The number of alkyl halides is 3. The molecule has 22 heavy (non-hydrogen) atoms. The van der Waals surface area contributed by atoms with Crippen LogP contribution < -0.4 is 5.32 Å². The molecule has 1 amide bonds. The smallest absolute Gasteiger partial charge is 0.396 e. The average Bonchev–Trinajstić information content (AvgIpc) is 2.43. The number of aliphatic hydroxyl groups is 1. The number of carbonyl (C=O) groups excluding carboxylic acids is 1. The van der Waals surface area contributed by atoms with Gasteiger partial charge < -0.3 is 10.4 Å². The second-order valence-corrected chi connectivity index (χ2v) is 4.64. The highest BCUT2D eigenvalue weighted by Crippen LogP contribution is 2.17. The third-order valence-electron chi connectivity index (χ3n) is 2.68. The third kappa shape index (κ3) is 7.06. The van der Waals surface area contributed by atoms with E-state index in [1.165, 1.54) is 6.07 Å². The summed E-state index contributed by atoms with van der Waals surface area (Å²) in [4.78, 5) is 12.7. The Morgan fingerprint density at radius 2 is 2.14 bits per heavy atom. The highest BCUT2D eigenvalue weighted by molar-refractivity contribution is 5.92. The van der Waals surface area contributed by atoms with Crippen LogP contribution >= 0.6 is 0 Å². The molecule has 0 saturated carbocycles. The van der Waals surface area contributed by atoms with E-state index in [1.807, 2.05) is 6.07 Å². The summed E-state index contributed by atoms with van der Waals surface area (Å²) in [7, 11) is 0. The molecule has 0 aromatic heterocycles. The zero-order valence-electron chi connectivity index (χ0n) is 11.7. The van der Waals surface area contributed by atoms with Gasteiger partial charge in [-0.3, -0.25) is 9.69 Å². The number of nitrogens with zero attached hydrogens (tertiary/aromatic N) is 2. The second-order valence-electron chi connectivity index (χ2n) is 4.64.